The monoisotopic (exact) mass is 383 g/mol. The molecule has 144 valence electrons. The van der Waals surface area contributed by atoms with E-state index >= 15 is 0 Å². The number of nitrogens with one attached hydrogen (secondary N) is 1. The van der Waals surface area contributed by atoms with Crippen molar-refractivity contribution < 1.29 is 22.4 Å². The van der Waals surface area contributed by atoms with Gasteiger partial charge < -0.3 is 5.32 Å². The molecule has 1 saturated carbocycles. The number of nitrogens with zero attached hydrogens (tertiary/aromatic N) is 4. The number of hydrogen-bond acceptors (Lipinski definition) is 4. The van der Waals surface area contributed by atoms with Crippen LogP contribution in [-0.2, 0) is 0 Å². The van der Waals surface area contributed by atoms with Crippen LogP contribution in [0.4, 0.5) is 17.6 Å². The van der Waals surface area contributed by atoms with E-state index in [2.05, 4.69) is 15.6 Å². The largest absolute Gasteiger partial charge is 0.408 e. The Morgan fingerprint density at radius 1 is 1.19 bits per heavy atom. The van der Waals surface area contributed by atoms with Crippen molar-refractivity contribution in [1.29, 1.82) is 0 Å². The molecule has 1 N–H and O–H groups in total. The minimum atomic E-state index is -4.50. The van der Waals surface area contributed by atoms with Gasteiger partial charge >= 0.3 is 6.18 Å². The van der Waals surface area contributed by atoms with Crippen LogP contribution in [0.3, 0.4) is 0 Å². The Kier molecular flexibility index (Phi) is 4.37. The van der Waals surface area contributed by atoms with E-state index in [-0.39, 0.29) is 24.3 Å². The summed E-state index contributed by atoms with van der Waals surface area (Å²) in [6, 6.07) is 2.34. The average molecular weight is 383 g/mol. The molecule has 1 aromatic carbocycles. The molecule has 0 spiro atoms. The average Bonchev–Trinajstić information content (AvgIpc) is 3.30. The molecule has 10 heteroatoms. The highest BCUT2D eigenvalue weighted by atomic mass is 19.4. The quantitative estimate of drug-likeness (QED) is 0.806. The van der Waals surface area contributed by atoms with Crippen molar-refractivity contribution in [3.63, 3.8) is 0 Å². The van der Waals surface area contributed by atoms with E-state index in [1.807, 2.05) is 0 Å². The summed E-state index contributed by atoms with van der Waals surface area (Å²) < 4.78 is 55.1. The van der Waals surface area contributed by atoms with Crippen molar-refractivity contribution in [3.05, 3.63) is 47.5 Å². The van der Waals surface area contributed by atoms with E-state index in [4.69, 9.17) is 0 Å². The second-order valence-electron chi connectivity index (χ2n) is 6.93. The summed E-state index contributed by atoms with van der Waals surface area (Å²) in [6.07, 6.45) is -0.936. The Hall–Kier alpha value is -2.49. The molecular weight excluding hydrogens is 366 g/mol. The van der Waals surface area contributed by atoms with Crippen molar-refractivity contribution in [2.45, 2.75) is 37.1 Å². The molecule has 1 saturated heterocycles. The van der Waals surface area contributed by atoms with E-state index in [1.54, 1.807) is 10.9 Å². The van der Waals surface area contributed by atoms with Gasteiger partial charge in [0.1, 0.15) is 11.9 Å². The molecule has 0 radical (unpaired) electrons. The standard InChI is InChI=1S/C17H17F4N5O/c18-11-3-1-10(2-4-11)15(17(19,20)21)25-7-12(8-25)22-16(27)14-9-26(24-23-14)13-5-6-13/h1-4,9,12-13,15H,5-8H2,(H,22,27). The van der Waals surface area contributed by atoms with Crippen LogP contribution in [0.15, 0.2) is 30.5 Å². The van der Waals surface area contributed by atoms with Gasteiger partial charge in [0, 0.05) is 13.1 Å². The number of carbonyl (C=O) groups is 1. The summed E-state index contributed by atoms with van der Waals surface area (Å²) >= 11 is 0. The summed E-state index contributed by atoms with van der Waals surface area (Å²) in [5, 5.41) is 10.4. The Morgan fingerprint density at radius 2 is 1.85 bits per heavy atom. The second kappa shape index (κ2) is 6.59. The lowest BCUT2D eigenvalue weighted by atomic mass is 9.98. The van der Waals surface area contributed by atoms with Crippen LogP contribution in [0.25, 0.3) is 0 Å². The van der Waals surface area contributed by atoms with Gasteiger partial charge in [0.25, 0.3) is 5.91 Å². The van der Waals surface area contributed by atoms with Crippen molar-refractivity contribution in [1.82, 2.24) is 25.2 Å². The molecule has 1 aliphatic carbocycles. The number of carbonyl (C=O) groups excluding carboxylic acids is 1. The van der Waals surface area contributed by atoms with Crippen LogP contribution >= 0.6 is 0 Å². The molecule has 6 nitrogen and oxygen atoms in total. The van der Waals surface area contributed by atoms with Crippen molar-refractivity contribution in [2.24, 2.45) is 0 Å². The van der Waals surface area contributed by atoms with Gasteiger partial charge in [-0.15, -0.1) is 5.10 Å². The van der Waals surface area contributed by atoms with E-state index < -0.39 is 30.0 Å². The maximum atomic E-state index is 13.5. The Bertz CT molecular complexity index is 825. The van der Waals surface area contributed by atoms with Crippen LogP contribution in [-0.4, -0.2) is 51.1 Å². The van der Waals surface area contributed by atoms with Crippen LogP contribution in [0.5, 0.6) is 0 Å². The van der Waals surface area contributed by atoms with Crippen molar-refractivity contribution >= 4 is 5.91 Å². The zero-order chi connectivity index (χ0) is 19.2. The van der Waals surface area contributed by atoms with Gasteiger partial charge in [-0.25, -0.2) is 9.07 Å². The van der Waals surface area contributed by atoms with Gasteiger partial charge in [0.15, 0.2) is 5.69 Å². The lowest BCUT2D eigenvalue weighted by Gasteiger charge is -2.44. The van der Waals surface area contributed by atoms with Gasteiger partial charge in [0.05, 0.1) is 18.3 Å². The third kappa shape index (κ3) is 3.80. The first-order chi connectivity index (χ1) is 12.8. The minimum Gasteiger partial charge on any atom is -0.345 e. The predicted octanol–water partition coefficient (Wildman–Crippen LogP) is 2.47. The van der Waals surface area contributed by atoms with Crippen molar-refractivity contribution in [3.8, 4) is 0 Å². The number of aromatic nitrogens is 3. The maximum Gasteiger partial charge on any atom is 0.408 e. The second-order valence-corrected chi connectivity index (χ2v) is 6.93. The molecule has 1 atom stereocenters. The van der Waals surface area contributed by atoms with Gasteiger partial charge in [-0.3, -0.25) is 9.69 Å². The number of hydrogen-bond donors (Lipinski definition) is 1. The van der Waals surface area contributed by atoms with Crippen LogP contribution < -0.4 is 5.32 Å². The number of amides is 1. The molecule has 1 aromatic heterocycles. The molecule has 1 aliphatic heterocycles. The normalized spacial score (nSPS) is 19.6. The van der Waals surface area contributed by atoms with Crippen LogP contribution in [0, 0.1) is 5.82 Å². The summed E-state index contributed by atoms with van der Waals surface area (Å²) in [7, 11) is 0. The minimum absolute atomic E-state index is 0.0268. The number of likely N-dealkylation sites (tertiary alicyclic amines) is 1. The van der Waals surface area contributed by atoms with Crippen LogP contribution in [0.1, 0.15) is 41.0 Å². The topological polar surface area (TPSA) is 63.1 Å². The third-order valence-electron chi connectivity index (χ3n) is 4.77. The third-order valence-corrected chi connectivity index (χ3v) is 4.77. The zero-order valence-corrected chi connectivity index (χ0v) is 14.2. The molecule has 1 unspecified atom stereocenters. The molecule has 2 heterocycles. The highest BCUT2D eigenvalue weighted by molar-refractivity contribution is 5.92. The van der Waals surface area contributed by atoms with E-state index in [0.29, 0.717) is 6.04 Å². The lowest BCUT2D eigenvalue weighted by Crippen LogP contribution is -2.61. The first-order valence-electron chi connectivity index (χ1n) is 8.60. The lowest BCUT2D eigenvalue weighted by molar-refractivity contribution is -0.198. The number of benzene rings is 1. The van der Waals surface area contributed by atoms with Gasteiger partial charge in [-0.05, 0) is 30.5 Å². The molecule has 4 rings (SSSR count). The zero-order valence-electron chi connectivity index (χ0n) is 14.2. The number of alkyl halides is 3. The summed E-state index contributed by atoms with van der Waals surface area (Å²) in [6.45, 7) is 0.0914. The molecule has 2 fully saturated rings. The Morgan fingerprint density at radius 3 is 2.44 bits per heavy atom. The molecular formula is C17H17F4N5O. The Balaban J connectivity index is 1.37. The fourth-order valence-corrected chi connectivity index (χ4v) is 3.22. The molecule has 2 aromatic rings. The molecule has 27 heavy (non-hydrogen) atoms. The summed E-state index contributed by atoms with van der Waals surface area (Å²) in [5.41, 5.74) is 0.132. The number of halogens is 4. The van der Waals surface area contributed by atoms with Crippen molar-refractivity contribution in [2.75, 3.05) is 13.1 Å². The summed E-state index contributed by atoms with van der Waals surface area (Å²) in [5.74, 6) is -1.04. The van der Waals surface area contributed by atoms with Crippen LogP contribution in [0.2, 0.25) is 0 Å². The highest BCUT2D eigenvalue weighted by Crippen LogP contribution is 2.40. The van der Waals surface area contributed by atoms with E-state index in [9.17, 15) is 22.4 Å². The molecule has 1 amide bonds. The summed E-state index contributed by atoms with van der Waals surface area (Å²) in [4.78, 5) is 13.4. The SMILES string of the molecule is O=C(NC1CN(C(c2ccc(F)cc2)C(F)(F)F)C1)c1cn(C2CC2)nn1. The van der Waals surface area contributed by atoms with Gasteiger partial charge in [0.2, 0.25) is 0 Å². The van der Waals surface area contributed by atoms with Gasteiger partial charge in [-0.2, -0.15) is 13.2 Å². The molecule has 0 bridgehead atoms. The highest BCUT2D eigenvalue weighted by Gasteiger charge is 2.48. The first-order valence-corrected chi connectivity index (χ1v) is 8.60. The fraction of sp³-hybridized carbons (Fsp3) is 0.471. The predicted molar refractivity (Wildman–Crippen MR) is 86.3 cm³/mol. The smallest absolute Gasteiger partial charge is 0.345 e. The number of rotatable bonds is 5. The van der Waals surface area contributed by atoms with E-state index in [0.717, 1.165) is 37.1 Å². The molecule has 2 aliphatic rings. The fourth-order valence-electron chi connectivity index (χ4n) is 3.22. The first kappa shape index (κ1) is 17.9. The van der Waals surface area contributed by atoms with Gasteiger partial charge in [-0.1, -0.05) is 17.3 Å². The van der Waals surface area contributed by atoms with E-state index in [1.165, 1.54) is 4.90 Å². The Labute approximate surface area is 152 Å². The maximum absolute atomic E-state index is 13.5.